The maximum Gasteiger partial charge on any atom is 0.251 e. The highest BCUT2D eigenvalue weighted by molar-refractivity contribution is 7.99. The topological polar surface area (TPSA) is 88.9 Å². The average molecular weight is 460 g/mol. The molecule has 0 radical (unpaired) electrons. The maximum absolute atomic E-state index is 13.7. The summed E-state index contributed by atoms with van der Waals surface area (Å²) in [6, 6.07) is 11.4. The van der Waals surface area contributed by atoms with Crippen molar-refractivity contribution in [2.75, 3.05) is 11.1 Å². The van der Waals surface area contributed by atoms with E-state index in [1.807, 2.05) is 19.9 Å². The standard InChI is InChI=1S/C22H23F2N5O2S/c1-13(2)19(26-21(31)14-7-5-4-6-8-14)20-27-28-22(29(20)3)32-12-18(30)25-17-10-9-15(23)11-16(17)24/h4-11,13,19H,12H2,1-3H3,(H,25,30)(H,26,31). The number of nitrogens with zero attached hydrogens (tertiary/aromatic N) is 3. The van der Waals surface area contributed by atoms with Crippen LogP contribution in [-0.2, 0) is 11.8 Å². The van der Waals surface area contributed by atoms with Crippen LogP contribution in [0.1, 0.15) is 36.1 Å². The van der Waals surface area contributed by atoms with Crippen LogP contribution in [0.5, 0.6) is 0 Å². The van der Waals surface area contributed by atoms with E-state index >= 15 is 0 Å². The van der Waals surface area contributed by atoms with E-state index in [4.69, 9.17) is 0 Å². The number of thioether (sulfide) groups is 1. The molecule has 3 rings (SSSR count). The number of halogens is 2. The highest BCUT2D eigenvalue weighted by atomic mass is 32.2. The molecule has 2 N–H and O–H groups in total. The van der Waals surface area contributed by atoms with Crippen LogP contribution in [0, 0.1) is 17.6 Å². The van der Waals surface area contributed by atoms with Gasteiger partial charge in [0, 0.05) is 18.7 Å². The molecule has 7 nitrogen and oxygen atoms in total. The predicted octanol–water partition coefficient (Wildman–Crippen LogP) is 3.95. The summed E-state index contributed by atoms with van der Waals surface area (Å²) < 4.78 is 28.4. The Morgan fingerprint density at radius 3 is 2.47 bits per heavy atom. The maximum atomic E-state index is 13.7. The summed E-state index contributed by atoms with van der Waals surface area (Å²) in [5.74, 6) is -1.72. The summed E-state index contributed by atoms with van der Waals surface area (Å²) in [5, 5.41) is 14.2. The minimum Gasteiger partial charge on any atom is -0.342 e. The van der Waals surface area contributed by atoms with E-state index in [1.54, 1.807) is 35.9 Å². The van der Waals surface area contributed by atoms with Gasteiger partial charge in [0.2, 0.25) is 5.91 Å². The molecular weight excluding hydrogens is 436 g/mol. The molecule has 2 amide bonds. The molecule has 0 saturated carbocycles. The largest absolute Gasteiger partial charge is 0.342 e. The van der Waals surface area contributed by atoms with Crippen LogP contribution in [0.4, 0.5) is 14.5 Å². The Hall–Kier alpha value is -3.27. The van der Waals surface area contributed by atoms with E-state index in [0.29, 0.717) is 22.6 Å². The molecule has 0 saturated heterocycles. The Kier molecular flexibility index (Phi) is 7.57. The van der Waals surface area contributed by atoms with Crippen LogP contribution in [0.2, 0.25) is 0 Å². The fourth-order valence-corrected chi connectivity index (χ4v) is 3.69. The first-order valence-corrected chi connectivity index (χ1v) is 10.9. The number of benzene rings is 2. The number of nitrogens with one attached hydrogen (secondary N) is 2. The van der Waals surface area contributed by atoms with Crippen molar-refractivity contribution in [3.63, 3.8) is 0 Å². The first-order valence-electron chi connectivity index (χ1n) is 9.89. The molecule has 10 heteroatoms. The SMILES string of the molecule is CC(C)C(NC(=O)c1ccccc1)c1nnc(SCC(=O)Nc2ccc(F)cc2F)n1C. The quantitative estimate of drug-likeness (QED) is 0.498. The summed E-state index contributed by atoms with van der Waals surface area (Å²) in [4.78, 5) is 24.8. The van der Waals surface area contributed by atoms with Crippen molar-refractivity contribution >= 4 is 29.3 Å². The van der Waals surface area contributed by atoms with Crippen molar-refractivity contribution in [3.05, 3.63) is 71.6 Å². The van der Waals surface area contributed by atoms with Crippen molar-refractivity contribution in [2.45, 2.75) is 25.0 Å². The van der Waals surface area contributed by atoms with Crippen LogP contribution in [0.15, 0.2) is 53.7 Å². The Morgan fingerprint density at radius 2 is 1.81 bits per heavy atom. The zero-order valence-corrected chi connectivity index (χ0v) is 18.6. The summed E-state index contributed by atoms with van der Waals surface area (Å²) in [6.07, 6.45) is 0. The Balaban J connectivity index is 1.66. The number of aromatic nitrogens is 3. The molecular formula is C22H23F2N5O2S. The lowest BCUT2D eigenvalue weighted by atomic mass is 10.0. The van der Waals surface area contributed by atoms with Crippen molar-refractivity contribution in [3.8, 4) is 0 Å². The van der Waals surface area contributed by atoms with Gasteiger partial charge in [0.1, 0.15) is 11.6 Å². The average Bonchev–Trinajstić information content (AvgIpc) is 3.12. The van der Waals surface area contributed by atoms with Gasteiger partial charge < -0.3 is 15.2 Å². The third-order valence-electron chi connectivity index (χ3n) is 4.67. The first-order chi connectivity index (χ1) is 15.3. The summed E-state index contributed by atoms with van der Waals surface area (Å²) in [7, 11) is 1.75. The molecule has 1 heterocycles. The molecule has 0 bridgehead atoms. The first kappa shape index (κ1) is 23.4. The summed E-state index contributed by atoms with van der Waals surface area (Å²) >= 11 is 1.12. The van der Waals surface area contributed by atoms with E-state index in [1.165, 1.54) is 0 Å². The third-order valence-corrected chi connectivity index (χ3v) is 5.69. The second kappa shape index (κ2) is 10.4. The smallest absolute Gasteiger partial charge is 0.251 e. The Bertz CT molecular complexity index is 1100. The number of hydrogen-bond acceptors (Lipinski definition) is 5. The molecule has 168 valence electrons. The molecule has 2 aromatic carbocycles. The fourth-order valence-electron chi connectivity index (χ4n) is 2.97. The fraction of sp³-hybridized carbons (Fsp3) is 0.273. The molecule has 0 aliphatic rings. The lowest BCUT2D eigenvalue weighted by Crippen LogP contribution is -2.33. The second-order valence-electron chi connectivity index (χ2n) is 7.42. The van der Waals surface area contributed by atoms with Gasteiger partial charge in [-0.1, -0.05) is 43.8 Å². The van der Waals surface area contributed by atoms with Gasteiger partial charge in [0.25, 0.3) is 5.91 Å². The lowest BCUT2D eigenvalue weighted by Gasteiger charge is -2.21. The summed E-state index contributed by atoms with van der Waals surface area (Å²) in [6.45, 7) is 3.92. The molecule has 0 aliphatic heterocycles. The van der Waals surface area contributed by atoms with Crippen LogP contribution in [0.25, 0.3) is 0 Å². The van der Waals surface area contributed by atoms with Gasteiger partial charge in [-0.3, -0.25) is 9.59 Å². The monoisotopic (exact) mass is 459 g/mol. The number of anilines is 1. The van der Waals surface area contributed by atoms with Crippen molar-refractivity contribution in [1.82, 2.24) is 20.1 Å². The van der Waals surface area contributed by atoms with Gasteiger partial charge in [0.05, 0.1) is 17.5 Å². The molecule has 1 unspecified atom stereocenters. The minimum absolute atomic E-state index is 0.0353. The Labute approximate surface area is 188 Å². The van der Waals surface area contributed by atoms with Crippen molar-refractivity contribution in [2.24, 2.45) is 13.0 Å². The molecule has 0 aliphatic carbocycles. The Morgan fingerprint density at radius 1 is 1.09 bits per heavy atom. The lowest BCUT2D eigenvalue weighted by molar-refractivity contribution is -0.113. The highest BCUT2D eigenvalue weighted by Crippen LogP contribution is 2.25. The number of hydrogen-bond donors (Lipinski definition) is 2. The van der Waals surface area contributed by atoms with E-state index in [0.717, 1.165) is 23.9 Å². The van der Waals surface area contributed by atoms with Gasteiger partial charge in [-0.25, -0.2) is 8.78 Å². The molecule has 32 heavy (non-hydrogen) atoms. The molecule has 1 atom stereocenters. The summed E-state index contributed by atoms with van der Waals surface area (Å²) in [5.41, 5.74) is 0.443. The number of carbonyl (C=O) groups is 2. The van der Waals surface area contributed by atoms with E-state index in [-0.39, 0.29) is 23.3 Å². The van der Waals surface area contributed by atoms with E-state index < -0.39 is 23.6 Å². The minimum atomic E-state index is -0.849. The van der Waals surface area contributed by atoms with Crippen molar-refractivity contribution < 1.29 is 18.4 Å². The van der Waals surface area contributed by atoms with Gasteiger partial charge >= 0.3 is 0 Å². The zero-order valence-electron chi connectivity index (χ0n) is 17.8. The van der Waals surface area contributed by atoms with Crippen LogP contribution in [-0.4, -0.2) is 32.3 Å². The molecule has 0 spiro atoms. The normalized spacial score (nSPS) is 11.9. The third kappa shape index (κ3) is 5.70. The highest BCUT2D eigenvalue weighted by Gasteiger charge is 2.25. The second-order valence-corrected chi connectivity index (χ2v) is 8.36. The van der Waals surface area contributed by atoms with Crippen LogP contribution < -0.4 is 10.6 Å². The van der Waals surface area contributed by atoms with Crippen molar-refractivity contribution in [1.29, 1.82) is 0 Å². The van der Waals surface area contributed by atoms with E-state index in [9.17, 15) is 18.4 Å². The van der Waals surface area contributed by atoms with Crippen LogP contribution in [0.3, 0.4) is 0 Å². The number of carbonyl (C=O) groups excluding carboxylic acids is 2. The van der Waals surface area contributed by atoms with Gasteiger partial charge in [-0.2, -0.15) is 0 Å². The molecule has 0 fully saturated rings. The molecule has 1 aromatic heterocycles. The van der Waals surface area contributed by atoms with E-state index in [2.05, 4.69) is 20.8 Å². The zero-order chi connectivity index (χ0) is 23.3. The molecule has 3 aromatic rings. The van der Waals surface area contributed by atoms with Gasteiger partial charge in [0.15, 0.2) is 11.0 Å². The predicted molar refractivity (Wildman–Crippen MR) is 118 cm³/mol. The van der Waals surface area contributed by atoms with Crippen LogP contribution >= 0.6 is 11.8 Å². The van der Waals surface area contributed by atoms with Gasteiger partial charge in [-0.05, 0) is 30.2 Å². The van der Waals surface area contributed by atoms with Gasteiger partial charge in [-0.15, -0.1) is 10.2 Å². The number of amides is 2. The number of rotatable bonds is 8.